The molecule has 1 amide bonds. The number of anilines is 1. The van der Waals surface area contributed by atoms with Crippen molar-refractivity contribution >= 4 is 23.2 Å². The number of halogens is 2. The van der Waals surface area contributed by atoms with Crippen LogP contribution in [-0.4, -0.2) is 15.7 Å². The van der Waals surface area contributed by atoms with Gasteiger partial charge in [0.05, 0.1) is 5.02 Å². The molecule has 0 spiro atoms. The van der Waals surface area contributed by atoms with Crippen LogP contribution in [0.2, 0.25) is 5.02 Å². The third kappa shape index (κ3) is 3.38. The van der Waals surface area contributed by atoms with Gasteiger partial charge in [-0.05, 0) is 24.3 Å². The van der Waals surface area contributed by atoms with E-state index >= 15 is 0 Å². The Morgan fingerprint density at radius 1 is 1.42 bits per heavy atom. The van der Waals surface area contributed by atoms with E-state index in [1.165, 1.54) is 30.5 Å². The molecule has 0 aliphatic carbocycles. The van der Waals surface area contributed by atoms with Crippen LogP contribution >= 0.6 is 11.6 Å². The molecule has 98 valence electrons. The molecule has 0 fully saturated rings. The lowest BCUT2D eigenvalue weighted by molar-refractivity contribution is -0.117. The van der Waals surface area contributed by atoms with Gasteiger partial charge in [0.2, 0.25) is 5.91 Å². The first kappa shape index (κ1) is 13.2. The van der Waals surface area contributed by atoms with E-state index in [0.717, 1.165) is 10.7 Å². The van der Waals surface area contributed by atoms with Crippen LogP contribution in [-0.2, 0) is 11.3 Å². The van der Waals surface area contributed by atoms with Crippen LogP contribution in [0.5, 0.6) is 0 Å². The number of aromatic nitrogens is 2. The van der Waals surface area contributed by atoms with Crippen molar-refractivity contribution in [3.05, 3.63) is 57.7 Å². The highest BCUT2D eigenvalue weighted by atomic mass is 35.5. The van der Waals surface area contributed by atoms with E-state index in [4.69, 9.17) is 11.6 Å². The summed E-state index contributed by atoms with van der Waals surface area (Å²) < 4.78 is 14.2. The summed E-state index contributed by atoms with van der Waals surface area (Å²) in [6.07, 6.45) is 1.40. The SMILES string of the molecule is O=C(Cn1ncccc1=O)Nc1ccc(Cl)c(F)c1. The van der Waals surface area contributed by atoms with Crippen LogP contribution in [0.15, 0.2) is 41.3 Å². The monoisotopic (exact) mass is 281 g/mol. The fraction of sp³-hybridized carbons (Fsp3) is 0.0833. The molecule has 0 bridgehead atoms. The molecule has 0 unspecified atom stereocenters. The smallest absolute Gasteiger partial charge is 0.267 e. The van der Waals surface area contributed by atoms with Crippen LogP contribution in [0, 0.1) is 5.82 Å². The van der Waals surface area contributed by atoms with Gasteiger partial charge < -0.3 is 5.32 Å². The molecule has 1 aromatic carbocycles. The Morgan fingerprint density at radius 3 is 2.89 bits per heavy atom. The van der Waals surface area contributed by atoms with Gasteiger partial charge in [0.1, 0.15) is 12.4 Å². The fourth-order valence-electron chi connectivity index (χ4n) is 1.42. The van der Waals surface area contributed by atoms with Gasteiger partial charge in [0.15, 0.2) is 0 Å². The van der Waals surface area contributed by atoms with Gasteiger partial charge in [-0.3, -0.25) is 9.59 Å². The van der Waals surface area contributed by atoms with Crippen LogP contribution in [0.1, 0.15) is 0 Å². The average molecular weight is 282 g/mol. The molecule has 0 aliphatic heterocycles. The molecule has 0 saturated heterocycles. The lowest BCUT2D eigenvalue weighted by Gasteiger charge is -2.06. The Balaban J connectivity index is 2.08. The highest BCUT2D eigenvalue weighted by Gasteiger charge is 2.07. The maximum absolute atomic E-state index is 13.2. The Bertz CT molecular complexity index is 672. The number of amides is 1. The van der Waals surface area contributed by atoms with Gasteiger partial charge in [-0.25, -0.2) is 9.07 Å². The molecule has 1 N–H and O–H groups in total. The van der Waals surface area contributed by atoms with E-state index in [1.807, 2.05) is 0 Å². The second kappa shape index (κ2) is 5.62. The quantitative estimate of drug-likeness (QED) is 0.931. The molecule has 2 aromatic rings. The first-order chi connectivity index (χ1) is 9.06. The first-order valence-corrected chi connectivity index (χ1v) is 5.71. The van der Waals surface area contributed by atoms with Gasteiger partial charge in [-0.15, -0.1) is 0 Å². The standard InChI is InChI=1S/C12H9ClFN3O2/c13-9-4-3-8(6-10(9)14)16-11(18)7-17-12(19)2-1-5-15-17/h1-6H,7H2,(H,16,18). The van der Waals surface area contributed by atoms with E-state index < -0.39 is 11.7 Å². The zero-order valence-electron chi connectivity index (χ0n) is 9.64. The van der Waals surface area contributed by atoms with Crippen LogP contribution < -0.4 is 10.9 Å². The van der Waals surface area contributed by atoms with Crippen molar-refractivity contribution in [2.75, 3.05) is 5.32 Å². The number of hydrogen-bond acceptors (Lipinski definition) is 3. The third-order valence-electron chi connectivity index (χ3n) is 2.28. The molecule has 5 nitrogen and oxygen atoms in total. The van der Waals surface area contributed by atoms with E-state index in [9.17, 15) is 14.0 Å². The number of hydrogen-bond donors (Lipinski definition) is 1. The Labute approximate surface area is 112 Å². The van der Waals surface area contributed by atoms with Gasteiger partial charge in [0, 0.05) is 18.0 Å². The second-order valence-electron chi connectivity index (χ2n) is 3.70. The zero-order valence-corrected chi connectivity index (χ0v) is 10.4. The highest BCUT2D eigenvalue weighted by Crippen LogP contribution is 2.18. The minimum atomic E-state index is -0.630. The maximum Gasteiger partial charge on any atom is 0.267 e. The van der Waals surface area contributed by atoms with Crippen molar-refractivity contribution in [2.24, 2.45) is 0 Å². The number of nitrogens with one attached hydrogen (secondary N) is 1. The summed E-state index contributed by atoms with van der Waals surface area (Å²) in [7, 11) is 0. The van der Waals surface area contributed by atoms with Crippen molar-refractivity contribution in [1.82, 2.24) is 9.78 Å². The van der Waals surface area contributed by atoms with Crippen molar-refractivity contribution in [2.45, 2.75) is 6.54 Å². The summed E-state index contributed by atoms with van der Waals surface area (Å²) in [5.41, 5.74) is -0.129. The lowest BCUT2D eigenvalue weighted by Crippen LogP contribution is -2.28. The summed E-state index contributed by atoms with van der Waals surface area (Å²) in [6.45, 7) is -0.246. The summed E-state index contributed by atoms with van der Waals surface area (Å²) >= 11 is 5.52. The summed E-state index contributed by atoms with van der Waals surface area (Å²) in [5, 5.41) is 6.16. The molecule has 0 atom stereocenters. The van der Waals surface area contributed by atoms with Crippen molar-refractivity contribution in [1.29, 1.82) is 0 Å². The molecule has 2 rings (SSSR count). The average Bonchev–Trinajstić information content (AvgIpc) is 2.37. The Kier molecular flexibility index (Phi) is 3.91. The maximum atomic E-state index is 13.2. The van der Waals surface area contributed by atoms with E-state index in [0.29, 0.717) is 0 Å². The predicted octanol–water partition coefficient (Wildman–Crippen LogP) is 1.67. The molecule has 0 radical (unpaired) electrons. The second-order valence-corrected chi connectivity index (χ2v) is 4.10. The first-order valence-electron chi connectivity index (χ1n) is 5.33. The third-order valence-corrected chi connectivity index (χ3v) is 2.59. The predicted molar refractivity (Wildman–Crippen MR) is 68.5 cm³/mol. The van der Waals surface area contributed by atoms with Gasteiger partial charge in [-0.1, -0.05) is 11.6 Å². The van der Waals surface area contributed by atoms with Crippen LogP contribution in [0.3, 0.4) is 0 Å². The molecule has 0 aliphatic rings. The van der Waals surface area contributed by atoms with Gasteiger partial charge in [-0.2, -0.15) is 5.10 Å². The summed E-state index contributed by atoms with van der Waals surface area (Å²) in [6, 6.07) is 6.67. The number of benzene rings is 1. The number of nitrogens with zero attached hydrogens (tertiary/aromatic N) is 2. The molecular weight excluding hydrogens is 273 g/mol. The zero-order chi connectivity index (χ0) is 13.8. The molecule has 19 heavy (non-hydrogen) atoms. The molecular formula is C12H9ClFN3O2. The molecule has 1 aromatic heterocycles. The fourth-order valence-corrected chi connectivity index (χ4v) is 1.53. The lowest BCUT2D eigenvalue weighted by atomic mass is 10.3. The Hall–Kier alpha value is -2.21. The van der Waals surface area contributed by atoms with Crippen molar-refractivity contribution in [3.63, 3.8) is 0 Å². The van der Waals surface area contributed by atoms with Crippen LogP contribution in [0.4, 0.5) is 10.1 Å². The topological polar surface area (TPSA) is 64.0 Å². The summed E-state index contributed by atoms with van der Waals surface area (Å²) in [5.74, 6) is -1.11. The molecule has 1 heterocycles. The number of rotatable bonds is 3. The van der Waals surface area contributed by atoms with Crippen molar-refractivity contribution in [3.8, 4) is 0 Å². The van der Waals surface area contributed by atoms with E-state index in [2.05, 4.69) is 10.4 Å². The molecule has 0 saturated carbocycles. The largest absolute Gasteiger partial charge is 0.324 e. The van der Waals surface area contributed by atoms with Crippen molar-refractivity contribution < 1.29 is 9.18 Å². The highest BCUT2D eigenvalue weighted by molar-refractivity contribution is 6.30. The molecule has 7 heteroatoms. The summed E-state index contributed by atoms with van der Waals surface area (Å²) in [4.78, 5) is 23.0. The Morgan fingerprint density at radius 2 is 2.21 bits per heavy atom. The van der Waals surface area contributed by atoms with E-state index in [1.54, 1.807) is 0 Å². The number of carbonyl (C=O) groups excluding carboxylic acids is 1. The number of carbonyl (C=O) groups is 1. The van der Waals surface area contributed by atoms with Gasteiger partial charge in [0.25, 0.3) is 5.56 Å². The van der Waals surface area contributed by atoms with Crippen LogP contribution in [0.25, 0.3) is 0 Å². The minimum Gasteiger partial charge on any atom is -0.324 e. The minimum absolute atomic E-state index is 0.0288. The van der Waals surface area contributed by atoms with E-state index in [-0.39, 0.29) is 22.8 Å². The van der Waals surface area contributed by atoms with Gasteiger partial charge >= 0.3 is 0 Å². The normalized spacial score (nSPS) is 10.2.